The summed E-state index contributed by atoms with van der Waals surface area (Å²) in [7, 11) is 0. The number of aryl methyl sites for hydroxylation is 1. The quantitative estimate of drug-likeness (QED) is 0.490. The molecule has 0 saturated carbocycles. The van der Waals surface area contributed by atoms with Crippen LogP contribution in [0.15, 0.2) is 36.4 Å². The molecule has 0 aliphatic carbocycles. The van der Waals surface area contributed by atoms with Crippen molar-refractivity contribution in [1.29, 1.82) is 0 Å². The number of phenols is 2. The summed E-state index contributed by atoms with van der Waals surface area (Å²) in [5.41, 5.74) is 7.60. The van der Waals surface area contributed by atoms with Gasteiger partial charge in [0, 0.05) is 11.4 Å². The maximum atomic E-state index is 12.0. The highest BCUT2D eigenvalue weighted by atomic mass is 16.3. The van der Waals surface area contributed by atoms with Crippen LogP contribution in [-0.4, -0.2) is 16.1 Å². The number of nitrogens with two attached hydrogens (primary N) is 1. The van der Waals surface area contributed by atoms with Crippen LogP contribution in [0.1, 0.15) is 15.9 Å². The van der Waals surface area contributed by atoms with E-state index in [1.807, 2.05) is 6.92 Å². The Balaban J connectivity index is 2.31. The summed E-state index contributed by atoms with van der Waals surface area (Å²) in [5.74, 6) is -1.29. The van der Waals surface area contributed by atoms with Gasteiger partial charge in [-0.05, 0) is 36.8 Å². The van der Waals surface area contributed by atoms with E-state index in [2.05, 4.69) is 5.32 Å². The van der Waals surface area contributed by atoms with Gasteiger partial charge in [-0.1, -0.05) is 12.1 Å². The van der Waals surface area contributed by atoms with Gasteiger partial charge in [-0.3, -0.25) is 4.79 Å². The molecule has 0 fully saturated rings. The van der Waals surface area contributed by atoms with Crippen molar-refractivity contribution < 1.29 is 15.0 Å². The number of nitrogens with one attached hydrogen (secondary N) is 1. The van der Waals surface area contributed by atoms with Crippen LogP contribution in [0.4, 0.5) is 11.4 Å². The molecule has 2 rings (SSSR count). The lowest BCUT2D eigenvalue weighted by Crippen LogP contribution is -2.13. The molecule has 0 unspecified atom stereocenters. The summed E-state index contributed by atoms with van der Waals surface area (Å²) in [6, 6.07) is 9.36. The SMILES string of the molecule is Cc1ccc(N)cc1NC(=O)c1cccc(O)c1O. The summed E-state index contributed by atoms with van der Waals surface area (Å²) >= 11 is 0. The van der Waals surface area contributed by atoms with E-state index >= 15 is 0 Å². The van der Waals surface area contributed by atoms with Gasteiger partial charge in [-0.25, -0.2) is 0 Å². The van der Waals surface area contributed by atoms with Crippen LogP contribution in [0.25, 0.3) is 0 Å². The van der Waals surface area contributed by atoms with Crippen LogP contribution in [0, 0.1) is 6.92 Å². The maximum Gasteiger partial charge on any atom is 0.259 e. The third kappa shape index (κ3) is 2.60. The second-order valence-corrected chi connectivity index (χ2v) is 4.20. The van der Waals surface area contributed by atoms with E-state index in [1.165, 1.54) is 18.2 Å². The predicted octanol–water partition coefficient (Wildman–Crippen LogP) is 2.24. The first-order valence-electron chi connectivity index (χ1n) is 5.67. The summed E-state index contributed by atoms with van der Waals surface area (Å²) in [6.07, 6.45) is 0. The Bertz CT molecular complexity index is 639. The first-order valence-corrected chi connectivity index (χ1v) is 5.67. The number of nitrogen functional groups attached to an aromatic ring is 1. The molecule has 2 aromatic carbocycles. The number of amides is 1. The maximum absolute atomic E-state index is 12.0. The highest BCUT2D eigenvalue weighted by Gasteiger charge is 2.14. The Morgan fingerprint density at radius 3 is 2.68 bits per heavy atom. The molecule has 5 heteroatoms. The normalized spacial score (nSPS) is 10.2. The van der Waals surface area contributed by atoms with E-state index in [9.17, 15) is 15.0 Å². The third-order valence-electron chi connectivity index (χ3n) is 2.77. The first-order chi connectivity index (χ1) is 8.99. The molecule has 5 nitrogen and oxygen atoms in total. The second kappa shape index (κ2) is 4.89. The standard InChI is InChI=1S/C14H14N2O3/c1-8-5-6-9(15)7-11(8)16-14(19)10-3-2-4-12(17)13(10)18/h2-7,17-18H,15H2,1H3,(H,16,19). The summed E-state index contributed by atoms with van der Waals surface area (Å²) < 4.78 is 0. The minimum Gasteiger partial charge on any atom is -0.504 e. The molecule has 0 atom stereocenters. The minimum atomic E-state index is -0.512. The summed E-state index contributed by atoms with van der Waals surface area (Å²) in [4.78, 5) is 12.0. The van der Waals surface area contributed by atoms with Crippen LogP contribution < -0.4 is 11.1 Å². The Kier molecular flexibility index (Phi) is 3.29. The average molecular weight is 258 g/mol. The molecule has 0 aliphatic rings. The second-order valence-electron chi connectivity index (χ2n) is 4.20. The molecule has 19 heavy (non-hydrogen) atoms. The Morgan fingerprint density at radius 1 is 1.21 bits per heavy atom. The molecule has 2 aromatic rings. The van der Waals surface area contributed by atoms with Crippen molar-refractivity contribution in [3.8, 4) is 11.5 Å². The number of anilines is 2. The van der Waals surface area contributed by atoms with Crippen molar-refractivity contribution in [2.24, 2.45) is 0 Å². The zero-order valence-corrected chi connectivity index (χ0v) is 10.3. The largest absolute Gasteiger partial charge is 0.504 e. The van der Waals surface area contributed by atoms with E-state index in [4.69, 9.17) is 5.73 Å². The van der Waals surface area contributed by atoms with E-state index < -0.39 is 11.7 Å². The zero-order chi connectivity index (χ0) is 14.0. The van der Waals surface area contributed by atoms with Gasteiger partial charge >= 0.3 is 0 Å². The number of hydrogen-bond acceptors (Lipinski definition) is 4. The lowest BCUT2D eigenvalue weighted by atomic mass is 10.1. The highest BCUT2D eigenvalue weighted by Crippen LogP contribution is 2.29. The Hall–Kier alpha value is -2.69. The molecule has 0 saturated heterocycles. The molecular formula is C14H14N2O3. The van der Waals surface area contributed by atoms with Crippen LogP contribution in [0.2, 0.25) is 0 Å². The Labute approximate surface area is 110 Å². The molecular weight excluding hydrogens is 244 g/mol. The molecule has 98 valence electrons. The predicted molar refractivity (Wildman–Crippen MR) is 73.3 cm³/mol. The van der Waals surface area contributed by atoms with Crippen molar-refractivity contribution in [3.05, 3.63) is 47.5 Å². The first kappa shape index (κ1) is 12.8. The molecule has 5 N–H and O–H groups in total. The van der Waals surface area contributed by atoms with E-state index in [-0.39, 0.29) is 11.3 Å². The van der Waals surface area contributed by atoms with Gasteiger partial charge in [-0.15, -0.1) is 0 Å². The van der Waals surface area contributed by atoms with Crippen molar-refractivity contribution in [2.75, 3.05) is 11.1 Å². The summed E-state index contributed by atoms with van der Waals surface area (Å²) in [6.45, 7) is 1.83. The lowest BCUT2D eigenvalue weighted by Gasteiger charge is -2.10. The topological polar surface area (TPSA) is 95.6 Å². The molecule has 0 bridgehead atoms. The van der Waals surface area contributed by atoms with Gasteiger partial charge in [0.25, 0.3) is 5.91 Å². The van der Waals surface area contributed by atoms with Crippen molar-refractivity contribution in [1.82, 2.24) is 0 Å². The lowest BCUT2D eigenvalue weighted by molar-refractivity contribution is 0.102. The molecule has 0 radical (unpaired) electrons. The molecule has 0 spiro atoms. The van der Waals surface area contributed by atoms with Crippen LogP contribution in [0.5, 0.6) is 11.5 Å². The van der Waals surface area contributed by atoms with E-state index in [0.29, 0.717) is 11.4 Å². The fraction of sp³-hybridized carbons (Fsp3) is 0.0714. The number of aromatic hydroxyl groups is 2. The van der Waals surface area contributed by atoms with Crippen LogP contribution >= 0.6 is 0 Å². The van der Waals surface area contributed by atoms with E-state index in [1.54, 1.807) is 18.2 Å². The number of para-hydroxylation sites is 1. The van der Waals surface area contributed by atoms with Crippen molar-refractivity contribution in [3.63, 3.8) is 0 Å². The highest BCUT2D eigenvalue weighted by molar-refractivity contribution is 6.07. The van der Waals surface area contributed by atoms with Gasteiger partial charge in [-0.2, -0.15) is 0 Å². The molecule has 0 aliphatic heterocycles. The van der Waals surface area contributed by atoms with Crippen molar-refractivity contribution >= 4 is 17.3 Å². The van der Waals surface area contributed by atoms with Crippen LogP contribution in [-0.2, 0) is 0 Å². The van der Waals surface area contributed by atoms with Gasteiger partial charge < -0.3 is 21.3 Å². The molecule has 0 aromatic heterocycles. The number of carbonyl (C=O) groups is 1. The number of carbonyl (C=O) groups excluding carboxylic acids is 1. The number of benzene rings is 2. The number of rotatable bonds is 2. The van der Waals surface area contributed by atoms with E-state index in [0.717, 1.165) is 5.56 Å². The number of phenolic OH excluding ortho intramolecular Hbond substituents is 2. The smallest absolute Gasteiger partial charge is 0.259 e. The van der Waals surface area contributed by atoms with Crippen LogP contribution in [0.3, 0.4) is 0 Å². The molecule has 1 amide bonds. The van der Waals surface area contributed by atoms with Gasteiger partial charge in [0.15, 0.2) is 11.5 Å². The number of hydrogen-bond donors (Lipinski definition) is 4. The fourth-order valence-electron chi connectivity index (χ4n) is 1.68. The fourth-order valence-corrected chi connectivity index (χ4v) is 1.68. The van der Waals surface area contributed by atoms with Gasteiger partial charge in [0.2, 0.25) is 0 Å². The minimum absolute atomic E-state index is 0.00169. The third-order valence-corrected chi connectivity index (χ3v) is 2.77. The molecule has 0 heterocycles. The van der Waals surface area contributed by atoms with Crippen molar-refractivity contribution in [2.45, 2.75) is 6.92 Å². The monoisotopic (exact) mass is 258 g/mol. The summed E-state index contributed by atoms with van der Waals surface area (Å²) in [5, 5.41) is 21.6. The zero-order valence-electron chi connectivity index (χ0n) is 10.3. The average Bonchev–Trinajstić information content (AvgIpc) is 2.37. The van der Waals surface area contributed by atoms with Gasteiger partial charge in [0.05, 0.1) is 5.56 Å². The van der Waals surface area contributed by atoms with Gasteiger partial charge in [0.1, 0.15) is 0 Å². The Morgan fingerprint density at radius 2 is 1.95 bits per heavy atom.